The quantitative estimate of drug-likeness (QED) is 0.676. The molecule has 1 aromatic rings. The van der Waals surface area contributed by atoms with Crippen molar-refractivity contribution in [1.29, 1.82) is 0 Å². The summed E-state index contributed by atoms with van der Waals surface area (Å²) in [5, 5.41) is 12.5. The summed E-state index contributed by atoms with van der Waals surface area (Å²) in [4.78, 5) is 12.9. The molecule has 6 nitrogen and oxygen atoms in total. The van der Waals surface area contributed by atoms with Crippen molar-refractivity contribution in [3.8, 4) is 11.5 Å². The van der Waals surface area contributed by atoms with Gasteiger partial charge in [-0.05, 0) is 39.3 Å². The molecular weight excluding hydrogens is 320 g/mol. The van der Waals surface area contributed by atoms with Crippen LogP contribution in [-0.4, -0.2) is 54.4 Å². The van der Waals surface area contributed by atoms with E-state index in [-0.39, 0.29) is 12.6 Å². The Morgan fingerprint density at radius 2 is 2.12 bits per heavy atom. The van der Waals surface area contributed by atoms with Crippen molar-refractivity contribution in [2.45, 2.75) is 58.3 Å². The maximum Gasteiger partial charge on any atom is 0.317 e. The second-order valence-electron chi connectivity index (χ2n) is 6.78. The minimum Gasteiger partial charge on any atom is -0.493 e. The summed E-state index contributed by atoms with van der Waals surface area (Å²) in [5.74, 6) is 0.785. The molecule has 0 amide bonds. The molecule has 1 aliphatic carbocycles. The van der Waals surface area contributed by atoms with Gasteiger partial charge in [-0.15, -0.1) is 0 Å². The molecule has 0 unspecified atom stereocenters. The molecular formula is C19H30N2O4. The molecule has 0 aliphatic heterocycles. The Labute approximate surface area is 150 Å². The molecule has 0 heterocycles. The van der Waals surface area contributed by atoms with Crippen LogP contribution in [0.4, 0.5) is 0 Å². The lowest BCUT2D eigenvalue weighted by molar-refractivity contribution is -0.139. The van der Waals surface area contributed by atoms with E-state index in [2.05, 4.69) is 5.32 Å². The third-order valence-corrected chi connectivity index (χ3v) is 4.59. The van der Waals surface area contributed by atoms with E-state index in [0.29, 0.717) is 18.6 Å². The summed E-state index contributed by atoms with van der Waals surface area (Å²) in [6, 6.07) is 6.69. The van der Waals surface area contributed by atoms with Gasteiger partial charge < -0.3 is 19.9 Å². The molecule has 0 spiro atoms. The van der Waals surface area contributed by atoms with Crippen LogP contribution in [0.3, 0.4) is 0 Å². The average Bonchev–Trinajstić information content (AvgIpc) is 2.52. The number of carboxylic acids is 1. The molecule has 1 aliphatic rings. The number of carboxylic acid groups (broad SMARTS) is 1. The average molecular weight is 350 g/mol. The van der Waals surface area contributed by atoms with Gasteiger partial charge in [-0.1, -0.05) is 19.1 Å². The van der Waals surface area contributed by atoms with Crippen LogP contribution in [0.15, 0.2) is 18.2 Å². The molecule has 0 atom stereocenters. The summed E-state index contributed by atoms with van der Waals surface area (Å²) < 4.78 is 11.4. The van der Waals surface area contributed by atoms with E-state index in [1.807, 2.05) is 43.9 Å². The largest absolute Gasteiger partial charge is 0.493 e. The second kappa shape index (κ2) is 9.06. The lowest BCUT2D eigenvalue weighted by Gasteiger charge is -2.42. The van der Waals surface area contributed by atoms with Crippen molar-refractivity contribution < 1.29 is 19.4 Å². The number of hydrogen-bond acceptors (Lipinski definition) is 5. The number of para-hydroxylation sites is 1. The summed E-state index contributed by atoms with van der Waals surface area (Å²) >= 11 is 0. The van der Waals surface area contributed by atoms with Crippen molar-refractivity contribution in [2.24, 2.45) is 0 Å². The molecule has 1 aromatic carbocycles. The minimum absolute atomic E-state index is 0.0808. The molecule has 2 N–H and O–H groups in total. The standard InChI is InChI=1S/C19H30N2O4/c1-5-21(12-18(22)23)16-9-15(10-16)20-11-14-7-6-8-17(24-4)19(14)25-13(2)3/h6-8,13,15-16,20H,5,9-12H2,1-4H3,(H,22,23). The molecule has 0 aromatic heterocycles. The zero-order chi connectivity index (χ0) is 18.4. The van der Waals surface area contributed by atoms with Crippen molar-refractivity contribution in [3.05, 3.63) is 23.8 Å². The topological polar surface area (TPSA) is 71.0 Å². The van der Waals surface area contributed by atoms with Crippen molar-refractivity contribution >= 4 is 5.97 Å². The number of carbonyl (C=O) groups is 1. The SMILES string of the molecule is CCN(CC(=O)O)C1CC(NCc2cccc(OC)c2OC(C)C)C1. The highest BCUT2D eigenvalue weighted by Gasteiger charge is 2.33. The van der Waals surface area contributed by atoms with E-state index >= 15 is 0 Å². The van der Waals surface area contributed by atoms with E-state index in [1.54, 1.807) is 7.11 Å². The van der Waals surface area contributed by atoms with Crippen LogP contribution in [0.25, 0.3) is 0 Å². The number of benzene rings is 1. The van der Waals surface area contributed by atoms with Crippen LogP contribution >= 0.6 is 0 Å². The highest BCUT2D eigenvalue weighted by atomic mass is 16.5. The Bertz CT molecular complexity index is 571. The fourth-order valence-electron chi connectivity index (χ4n) is 3.21. The molecule has 2 rings (SSSR count). The minimum atomic E-state index is -0.759. The zero-order valence-electron chi connectivity index (χ0n) is 15.6. The Kier molecular flexibility index (Phi) is 7.08. The van der Waals surface area contributed by atoms with Gasteiger partial charge in [0.25, 0.3) is 0 Å². The van der Waals surface area contributed by atoms with Gasteiger partial charge in [-0.2, -0.15) is 0 Å². The van der Waals surface area contributed by atoms with Gasteiger partial charge in [0.15, 0.2) is 11.5 Å². The van der Waals surface area contributed by atoms with Gasteiger partial charge in [0.05, 0.1) is 19.8 Å². The van der Waals surface area contributed by atoms with Gasteiger partial charge >= 0.3 is 5.97 Å². The number of ether oxygens (including phenoxy) is 2. The van der Waals surface area contributed by atoms with E-state index in [0.717, 1.165) is 36.4 Å². The monoisotopic (exact) mass is 350 g/mol. The molecule has 25 heavy (non-hydrogen) atoms. The first kappa shape index (κ1) is 19.5. The Morgan fingerprint density at radius 1 is 1.40 bits per heavy atom. The predicted molar refractivity (Wildman–Crippen MR) is 97.3 cm³/mol. The fourth-order valence-corrected chi connectivity index (χ4v) is 3.21. The van der Waals surface area contributed by atoms with Gasteiger partial charge in [0, 0.05) is 24.2 Å². The van der Waals surface area contributed by atoms with Gasteiger partial charge in [-0.3, -0.25) is 9.69 Å². The second-order valence-corrected chi connectivity index (χ2v) is 6.78. The van der Waals surface area contributed by atoms with Crippen molar-refractivity contribution in [3.63, 3.8) is 0 Å². The van der Waals surface area contributed by atoms with Crippen LogP contribution in [0.5, 0.6) is 11.5 Å². The number of likely N-dealkylation sites (N-methyl/N-ethyl adjacent to an activating group) is 1. The van der Waals surface area contributed by atoms with Gasteiger partial charge in [0.1, 0.15) is 0 Å². The normalized spacial score (nSPS) is 19.8. The van der Waals surface area contributed by atoms with Crippen LogP contribution in [0.1, 0.15) is 39.2 Å². The van der Waals surface area contributed by atoms with Crippen molar-refractivity contribution in [2.75, 3.05) is 20.2 Å². The number of rotatable bonds is 10. The van der Waals surface area contributed by atoms with Crippen LogP contribution < -0.4 is 14.8 Å². The number of nitrogens with one attached hydrogen (secondary N) is 1. The molecule has 140 valence electrons. The third kappa shape index (κ3) is 5.34. The van der Waals surface area contributed by atoms with E-state index in [4.69, 9.17) is 14.6 Å². The highest BCUT2D eigenvalue weighted by molar-refractivity contribution is 5.69. The summed E-state index contributed by atoms with van der Waals surface area (Å²) in [6.45, 7) is 7.61. The Balaban J connectivity index is 1.90. The van der Waals surface area contributed by atoms with Crippen LogP contribution in [0.2, 0.25) is 0 Å². The zero-order valence-corrected chi connectivity index (χ0v) is 15.6. The summed E-state index contributed by atoms with van der Waals surface area (Å²) in [7, 11) is 1.65. The highest BCUT2D eigenvalue weighted by Crippen LogP contribution is 2.33. The number of aliphatic carboxylic acids is 1. The Hall–Kier alpha value is -1.79. The number of hydrogen-bond donors (Lipinski definition) is 2. The smallest absolute Gasteiger partial charge is 0.317 e. The third-order valence-electron chi connectivity index (χ3n) is 4.59. The number of nitrogens with zero attached hydrogens (tertiary/aromatic N) is 1. The molecule has 0 saturated heterocycles. The molecule has 0 radical (unpaired) electrons. The van der Waals surface area contributed by atoms with E-state index < -0.39 is 5.97 Å². The maximum absolute atomic E-state index is 10.9. The molecule has 6 heteroatoms. The fraction of sp³-hybridized carbons (Fsp3) is 0.632. The first-order valence-electron chi connectivity index (χ1n) is 8.96. The van der Waals surface area contributed by atoms with Gasteiger partial charge in [0.2, 0.25) is 0 Å². The van der Waals surface area contributed by atoms with Gasteiger partial charge in [-0.25, -0.2) is 0 Å². The Morgan fingerprint density at radius 3 is 2.68 bits per heavy atom. The first-order valence-corrected chi connectivity index (χ1v) is 8.96. The van der Waals surface area contributed by atoms with E-state index in [1.165, 1.54) is 0 Å². The van der Waals surface area contributed by atoms with E-state index in [9.17, 15) is 4.79 Å². The summed E-state index contributed by atoms with van der Waals surface area (Å²) in [6.07, 6.45) is 2.04. The van der Waals surface area contributed by atoms with Crippen LogP contribution in [-0.2, 0) is 11.3 Å². The van der Waals surface area contributed by atoms with Crippen LogP contribution in [0, 0.1) is 0 Å². The number of methoxy groups -OCH3 is 1. The molecule has 0 bridgehead atoms. The molecule has 1 fully saturated rings. The predicted octanol–water partition coefficient (Wildman–Crippen LogP) is 2.51. The lowest BCUT2D eigenvalue weighted by atomic mass is 9.85. The molecule has 1 saturated carbocycles. The summed E-state index contributed by atoms with van der Waals surface area (Å²) in [5.41, 5.74) is 1.08. The lowest BCUT2D eigenvalue weighted by Crippen LogP contribution is -2.53. The maximum atomic E-state index is 10.9. The first-order chi connectivity index (χ1) is 11.9. The van der Waals surface area contributed by atoms with Crippen molar-refractivity contribution in [1.82, 2.24) is 10.2 Å².